The van der Waals surface area contributed by atoms with Gasteiger partial charge in [-0.25, -0.2) is 0 Å². The maximum Gasteiger partial charge on any atom is 0.252 e. The number of fused-ring (bicyclic) bond motifs is 1. The number of aromatic nitrogens is 1. The Hall–Kier alpha value is -2.83. The molecule has 1 N–H and O–H groups in total. The van der Waals surface area contributed by atoms with Gasteiger partial charge in [-0.1, -0.05) is 0 Å². The van der Waals surface area contributed by atoms with Crippen LogP contribution in [0.15, 0.2) is 30.5 Å². The number of pyridine rings is 1. The number of nitrogens with zero attached hydrogens (tertiary/aromatic N) is 4. The number of hydrogen-bond donors (Lipinski definition) is 1. The lowest BCUT2D eigenvalue weighted by molar-refractivity contribution is -0.129. The Morgan fingerprint density at radius 1 is 1.39 bits per heavy atom. The maximum atomic E-state index is 12.9. The Kier molecular flexibility index (Phi) is 6.59. The van der Waals surface area contributed by atoms with Crippen molar-refractivity contribution in [3.63, 3.8) is 0 Å². The van der Waals surface area contributed by atoms with Crippen LogP contribution >= 0.6 is 11.8 Å². The zero-order valence-electron chi connectivity index (χ0n) is 17.4. The second kappa shape index (κ2) is 9.54. The van der Waals surface area contributed by atoms with Gasteiger partial charge in [-0.3, -0.25) is 14.6 Å². The average molecular weight is 440 g/mol. The second-order valence-electron chi connectivity index (χ2n) is 7.70. The fourth-order valence-electron chi connectivity index (χ4n) is 4.20. The molecule has 2 aliphatic heterocycles. The summed E-state index contributed by atoms with van der Waals surface area (Å²) < 4.78 is 5.36. The van der Waals surface area contributed by atoms with Crippen LogP contribution in [-0.4, -0.2) is 72.2 Å². The van der Waals surface area contributed by atoms with E-state index in [0.29, 0.717) is 29.8 Å². The van der Waals surface area contributed by atoms with Crippen LogP contribution in [0.1, 0.15) is 23.2 Å². The van der Waals surface area contributed by atoms with Crippen LogP contribution in [0.5, 0.6) is 0 Å². The van der Waals surface area contributed by atoms with Gasteiger partial charge in [0.25, 0.3) is 5.91 Å². The normalized spacial score (nSPS) is 20.8. The quantitative estimate of drug-likeness (QED) is 0.735. The van der Waals surface area contributed by atoms with Crippen molar-refractivity contribution in [1.29, 1.82) is 5.26 Å². The van der Waals surface area contributed by atoms with E-state index < -0.39 is 6.04 Å². The second-order valence-corrected chi connectivity index (χ2v) is 8.70. The van der Waals surface area contributed by atoms with Crippen LogP contribution in [0.25, 0.3) is 10.9 Å². The van der Waals surface area contributed by atoms with E-state index in [1.807, 2.05) is 18.2 Å². The van der Waals surface area contributed by atoms with Crippen molar-refractivity contribution in [1.82, 2.24) is 15.2 Å². The van der Waals surface area contributed by atoms with E-state index >= 15 is 0 Å². The van der Waals surface area contributed by atoms with Crippen LogP contribution in [0, 0.1) is 11.3 Å². The molecule has 0 spiro atoms. The molecule has 2 aromatic rings. The molecular weight excluding hydrogens is 414 g/mol. The van der Waals surface area contributed by atoms with E-state index in [2.05, 4.69) is 21.3 Å². The number of hydrogen-bond acceptors (Lipinski definition) is 7. The molecule has 0 saturated carbocycles. The van der Waals surface area contributed by atoms with Gasteiger partial charge < -0.3 is 19.9 Å². The average Bonchev–Trinajstić information content (AvgIpc) is 3.46. The molecular formula is C22H25N5O3S. The summed E-state index contributed by atoms with van der Waals surface area (Å²) in [6.07, 6.45) is 3.78. The molecule has 2 fully saturated rings. The third-order valence-electron chi connectivity index (χ3n) is 5.79. The topological polar surface area (TPSA) is 98.6 Å². The third kappa shape index (κ3) is 4.45. The first-order valence-electron chi connectivity index (χ1n) is 10.3. The Balaban J connectivity index is 1.52. The summed E-state index contributed by atoms with van der Waals surface area (Å²) in [6.45, 7) is 1.48. The fraction of sp³-hybridized carbons (Fsp3) is 0.455. The number of nitrogens with one attached hydrogen (secondary N) is 1. The van der Waals surface area contributed by atoms with Crippen LogP contribution < -0.4 is 10.2 Å². The summed E-state index contributed by atoms with van der Waals surface area (Å²) in [5.41, 5.74) is 2.25. The lowest BCUT2D eigenvalue weighted by atomic mass is 10.1. The molecule has 2 unspecified atom stereocenters. The number of benzene rings is 1. The predicted molar refractivity (Wildman–Crippen MR) is 120 cm³/mol. The molecule has 2 amide bonds. The van der Waals surface area contributed by atoms with E-state index in [4.69, 9.17) is 10.00 Å². The summed E-state index contributed by atoms with van der Waals surface area (Å²) >= 11 is 1.54. The largest absolute Gasteiger partial charge is 0.383 e. The first kappa shape index (κ1) is 21.4. The monoisotopic (exact) mass is 439 g/mol. The van der Waals surface area contributed by atoms with Crippen molar-refractivity contribution in [2.24, 2.45) is 0 Å². The molecule has 2 atom stereocenters. The minimum absolute atomic E-state index is 0.136. The van der Waals surface area contributed by atoms with E-state index in [1.54, 1.807) is 31.1 Å². The van der Waals surface area contributed by atoms with E-state index in [9.17, 15) is 9.59 Å². The number of amides is 2. The number of nitriles is 1. The smallest absolute Gasteiger partial charge is 0.252 e. The summed E-state index contributed by atoms with van der Waals surface area (Å²) in [4.78, 5) is 33.6. The van der Waals surface area contributed by atoms with Gasteiger partial charge in [-0.15, -0.1) is 11.8 Å². The van der Waals surface area contributed by atoms with Crippen molar-refractivity contribution < 1.29 is 14.3 Å². The Morgan fingerprint density at radius 3 is 3.06 bits per heavy atom. The number of carbonyl (C=O) groups is 2. The molecule has 162 valence electrons. The van der Waals surface area contributed by atoms with Crippen molar-refractivity contribution in [3.05, 3.63) is 36.0 Å². The number of thioether (sulfide) groups is 1. The first-order valence-corrected chi connectivity index (χ1v) is 11.5. The van der Waals surface area contributed by atoms with Crippen LogP contribution in [-0.2, 0) is 9.53 Å². The summed E-state index contributed by atoms with van der Waals surface area (Å²) in [5, 5.41) is 12.6. The molecule has 3 heterocycles. The number of methoxy groups -OCH3 is 1. The highest BCUT2D eigenvalue weighted by Crippen LogP contribution is 2.29. The molecule has 0 radical (unpaired) electrons. The van der Waals surface area contributed by atoms with Crippen LogP contribution in [0.3, 0.4) is 0 Å². The molecule has 9 heteroatoms. The summed E-state index contributed by atoms with van der Waals surface area (Å²) in [7, 11) is 1.71. The predicted octanol–water partition coefficient (Wildman–Crippen LogP) is 2.00. The standard InChI is InChI=1S/C22H25N5O3S/c1-30-12-16-3-2-8-26(16)15-4-5-20-19(9-15)18(6-7-24-20)22(29)25-11-21(28)27-14-31-13-17(27)10-23/h4-7,9,16-17H,2-3,8,11-14H2,1H3,(H,25,29). The van der Waals surface area contributed by atoms with Gasteiger partial charge in [0.2, 0.25) is 5.91 Å². The molecule has 4 rings (SSSR count). The highest BCUT2D eigenvalue weighted by atomic mass is 32.2. The van der Waals surface area contributed by atoms with E-state index in [-0.39, 0.29) is 18.4 Å². The molecule has 8 nitrogen and oxygen atoms in total. The van der Waals surface area contributed by atoms with Crippen molar-refractivity contribution in [3.8, 4) is 6.07 Å². The molecule has 2 saturated heterocycles. The third-order valence-corrected chi connectivity index (χ3v) is 6.80. The minimum atomic E-state index is -0.431. The van der Waals surface area contributed by atoms with Gasteiger partial charge in [0.1, 0.15) is 6.04 Å². The Labute approximate surface area is 185 Å². The lowest BCUT2D eigenvalue weighted by Crippen LogP contribution is -2.42. The molecule has 1 aromatic carbocycles. The van der Waals surface area contributed by atoms with Gasteiger partial charge >= 0.3 is 0 Å². The Morgan fingerprint density at radius 2 is 2.26 bits per heavy atom. The van der Waals surface area contributed by atoms with Gasteiger partial charge in [0.05, 0.1) is 42.2 Å². The van der Waals surface area contributed by atoms with Crippen molar-refractivity contribution in [2.75, 3.05) is 43.3 Å². The van der Waals surface area contributed by atoms with E-state index in [1.165, 1.54) is 4.90 Å². The van der Waals surface area contributed by atoms with Crippen LogP contribution in [0.4, 0.5) is 5.69 Å². The van der Waals surface area contributed by atoms with Gasteiger partial charge in [-0.05, 0) is 37.1 Å². The lowest BCUT2D eigenvalue weighted by Gasteiger charge is -2.26. The van der Waals surface area contributed by atoms with Gasteiger partial charge in [0.15, 0.2) is 0 Å². The summed E-state index contributed by atoms with van der Waals surface area (Å²) in [6, 6.07) is 9.64. The highest BCUT2D eigenvalue weighted by Gasteiger charge is 2.29. The van der Waals surface area contributed by atoms with Crippen LogP contribution in [0.2, 0.25) is 0 Å². The Bertz CT molecular complexity index is 1020. The SMILES string of the molecule is COCC1CCCN1c1ccc2nccc(C(=O)NCC(=O)N3CSCC3C#N)c2c1. The molecule has 2 aliphatic rings. The minimum Gasteiger partial charge on any atom is -0.383 e. The fourth-order valence-corrected chi connectivity index (χ4v) is 5.30. The number of carbonyl (C=O) groups excluding carboxylic acids is 2. The summed E-state index contributed by atoms with van der Waals surface area (Å²) in [5.74, 6) is 0.512. The molecule has 31 heavy (non-hydrogen) atoms. The van der Waals surface area contributed by atoms with Gasteiger partial charge in [0, 0.05) is 36.7 Å². The number of ether oxygens (including phenoxy) is 1. The molecule has 0 aliphatic carbocycles. The zero-order valence-corrected chi connectivity index (χ0v) is 18.2. The van der Waals surface area contributed by atoms with E-state index in [0.717, 1.165) is 36.0 Å². The maximum absolute atomic E-state index is 12.9. The van der Waals surface area contributed by atoms with Gasteiger partial charge in [-0.2, -0.15) is 5.26 Å². The van der Waals surface area contributed by atoms with Crippen molar-refractivity contribution >= 4 is 40.2 Å². The highest BCUT2D eigenvalue weighted by molar-refractivity contribution is 7.99. The molecule has 1 aromatic heterocycles. The zero-order chi connectivity index (χ0) is 21.8. The number of anilines is 1. The number of rotatable bonds is 6. The van der Waals surface area contributed by atoms with Crippen molar-refractivity contribution in [2.45, 2.75) is 24.9 Å². The first-order chi connectivity index (χ1) is 15.1. The molecule has 0 bridgehead atoms.